The second-order valence-electron chi connectivity index (χ2n) is 8.04. The van der Waals surface area contributed by atoms with Gasteiger partial charge in [0.15, 0.2) is 0 Å². The molecule has 3 aliphatic heterocycles. The van der Waals surface area contributed by atoms with Crippen LogP contribution in [0.25, 0.3) is 0 Å². The second-order valence-corrected chi connectivity index (χ2v) is 8.04. The molecule has 160 valence electrons. The van der Waals surface area contributed by atoms with Crippen molar-refractivity contribution in [2.24, 2.45) is 11.8 Å². The zero-order chi connectivity index (χ0) is 20.9. The smallest absolute Gasteiger partial charge is 0.290 e. The number of nitrogens with zero attached hydrogens (tertiary/aromatic N) is 2. The Balaban J connectivity index is 0.000000755. The molecular weight excluding hydrogens is 376 g/mol. The number of aromatic nitrogens is 2. The summed E-state index contributed by atoms with van der Waals surface area (Å²) in [6, 6.07) is 0. The Morgan fingerprint density at radius 3 is 2.97 bits per heavy atom. The number of ether oxygens (including phenoxy) is 1. The standard InChI is InChI=1S/C19H28N4O3.CH2O2/c1-2-3-4-5-17(24)23-10-14-13(16-6-7-19(14,11-23)26-16)8-21-18(25)15-9-20-12-22-15;2-1-3/h9,12-14,16H,2-8,10-11H2,1H3,(H,20,22)(H,21,25);1H,(H,2,3)/t13-,14+,16+,19+;/m0./s1. The Kier molecular flexibility index (Phi) is 6.89. The molecule has 9 heteroatoms. The molecule has 3 N–H and O–H groups in total. The summed E-state index contributed by atoms with van der Waals surface area (Å²) in [5.74, 6) is 0.738. The first-order chi connectivity index (χ1) is 14.0. The number of carboxylic acid groups (broad SMARTS) is 1. The molecule has 0 aromatic carbocycles. The van der Waals surface area contributed by atoms with Gasteiger partial charge in [0.25, 0.3) is 12.4 Å². The summed E-state index contributed by atoms with van der Waals surface area (Å²) >= 11 is 0. The molecule has 4 atom stereocenters. The summed E-state index contributed by atoms with van der Waals surface area (Å²) in [5, 5.41) is 9.90. The zero-order valence-electron chi connectivity index (χ0n) is 16.8. The van der Waals surface area contributed by atoms with Crippen LogP contribution < -0.4 is 5.32 Å². The Bertz CT molecular complexity index is 710. The number of unbranched alkanes of at least 4 members (excludes halogenated alkanes) is 2. The minimum absolute atomic E-state index is 0.134. The molecule has 0 radical (unpaired) electrons. The van der Waals surface area contributed by atoms with Crippen LogP contribution in [0.5, 0.6) is 0 Å². The molecule has 2 bridgehead atoms. The van der Waals surface area contributed by atoms with Gasteiger partial charge < -0.3 is 25.0 Å². The van der Waals surface area contributed by atoms with Crippen LogP contribution in [0, 0.1) is 11.8 Å². The first-order valence-electron chi connectivity index (χ1n) is 10.3. The Morgan fingerprint density at radius 2 is 2.28 bits per heavy atom. The molecule has 1 aromatic rings. The Morgan fingerprint density at radius 1 is 1.48 bits per heavy atom. The predicted octanol–water partition coefficient (Wildman–Crippen LogP) is 1.43. The van der Waals surface area contributed by atoms with Gasteiger partial charge in [-0.3, -0.25) is 14.4 Å². The predicted molar refractivity (Wildman–Crippen MR) is 104 cm³/mol. The highest BCUT2D eigenvalue weighted by Gasteiger charge is 2.63. The van der Waals surface area contributed by atoms with Gasteiger partial charge in [0.2, 0.25) is 5.91 Å². The topological polar surface area (TPSA) is 125 Å². The molecule has 9 nitrogen and oxygen atoms in total. The van der Waals surface area contributed by atoms with Gasteiger partial charge in [0.05, 0.1) is 30.8 Å². The maximum atomic E-state index is 12.5. The highest BCUT2D eigenvalue weighted by atomic mass is 16.5. The minimum atomic E-state index is -0.250. The average molecular weight is 406 g/mol. The number of aromatic amines is 1. The molecule has 3 fully saturated rings. The van der Waals surface area contributed by atoms with E-state index in [1.807, 2.05) is 4.90 Å². The maximum Gasteiger partial charge on any atom is 0.290 e. The number of carbonyl (C=O) groups is 3. The van der Waals surface area contributed by atoms with E-state index >= 15 is 0 Å². The molecule has 1 aromatic heterocycles. The fourth-order valence-electron chi connectivity index (χ4n) is 5.02. The second kappa shape index (κ2) is 9.39. The molecule has 3 saturated heterocycles. The fraction of sp³-hybridized carbons (Fsp3) is 0.700. The summed E-state index contributed by atoms with van der Waals surface area (Å²) < 4.78 is 6.36. The molecule has 2 amide bonds. The van der Waals surface area contributed by atoms with Crippen LogP contribution in [0.3, 0.4) is 0 Å². The van der Waals surface area contributed by atoms with Gasteiger partial charge in [-0.2, -0.15) is 0 Å². The SMILES string of the molecule is CCCCCC(=O)N1C[C@@H]2[C@H](CNC(=O)c3cnc[nH]3)[C@H]3CC[C@]2(C1)O3.O=CO. The largest absolute Gasteiger partial charge is 0.483 e. The molecule has 4 heterocycles. The summed E-state index contributed by atoms with van der Waals surface area (Å²) in [6.45, 7) is 3.99. The molecule has 29 heavy (non-hydrogen) atoms. The third-order valence-corrected chi connectivity index (χ3v) is 6.37. The number of hydrogen-bond acceptors (Lipinski definition) is 5. The van der Waals surface area contributed by atoms with Crippen LogP contribution in [-0.2, 0) is 14.3 Å². The van der Waals surface area contributed by atoms with Crippen molar-refractivity contribution in [3.8, 4) is 0 Å². The number of rotatable bonds is 7. The van der Waals surface area contributed by atoms with E-state index in [2.05, 4.69) is 22.2 Å². The quantitative estimate of drug-likeness (QED) is 0.465. The van der Waals surface area contributed by atoms with E-state index in [1.54, 1.807) is 0 Å². The molecule has 3 aliphatic rings. The van der Waals surface area contributed by atoms with Crippen LogP contribution in [0.4, 0.5) is 0 Å². The molecular formula is C20H30N4O5. The van der Waals surface area contributed by atoms with Crippen LogP contribution in [-0.4, -0.2) is 69.6 Å². The van der Waals surface area contributed by atoms with Gasteiger partial charge in [0.1, 0.15) is 5.69 Å². The number of H-pyrrole nitrogens is 1. The van der Waals surface area contributed by atoms with E-state index in [9.17, 15) is 9.59 Å². The Hall–Kier alpha value is -2.42. The van der Waals surface area contributed by atoms with Crippen LogP contribution in [0.2, 0.25) is 0 Å². The number of likely N-dealkylation sites (tertiary alicyclic amines) is 1. The van der Waals surface area contributed by atoms with E-state index in [4.69, 9.17) is 14.6 Å². The van der Waals surface area contributed by atoms with Crippen molar-refractivity contribution in [2.75, 3.05) is 19.6 Å². The Labute approximate surface area is 170 Å². The normalized spacial score (nSPS) is 29.1. The molecule has 1 spiro atoms. The first kappa shape index (κ1) is 21.3. The van der Waals surface area contributed by atoms with Gasteiger partial charge in [-0.1, -0.05) is 19.8 Å². The number of carbonyl (C=O) groups excluding carboxylic acids is 2. The van der Waals surface area contributed by atoms with Crippen molar-refractivity contribution >= 4 is 18.3 Å². The van der Waals surface area contributed by atoms with E-state index < -0.39 is 0 Å². The molecule has 0 unspecified atom stereocenters. The number of amides is 2. The maximum absolute atomic E-state index is 12.5. The number of nitrogens with one attached hydrogen (secondary N) is 2. The monoisotopic (exact) mass is 406 g/mol. The number of imidazole rings is 1. The van der Waals surface area contributed by atoms with E-state index in [0.717, 1.165) is 45.2 Å². The van der Waals surface area contributed by atoms with Crippen molar-refractivity contribution in [3.63, 3.8) is 0 Å². The van der Waals surface area contributed by atoms with Gasteiger partial charge >= 0.3 is 0 Å². The minimum Gasteiger partial charge on any atom is -0.483 e. The third kappa shape index (κ3) is 4.44. The highest BCUT2D eigenvalue weighted by Crippen LogP contribution is 2.54. The van der Waals surface area contributed by atoms with Crippen LogP contribution >= 0.6 is 0 Å². The van der Waals surface area contributed by atoms with Crippen molar-refractivity contribution in [1.82, 2.24) is 20.2 Å². The van der Waals surface area contributed by atoms with Gasteiger partial charge in [-0.05, 0) is 19.3 Å². The third-order valence-electron chi connectivity index (χ3n) is 6.37. The molecule has 0 saturated carbocycles. The van der Waals surface area contributed by atoms with Gasteiger partial charge in [0, 0.05) is 31.3 Å². The zero-order valence-corrected chi connectivity index (χ0v) is 16.8. The lowest BCUT2D eigenvalue weighted by Crippen LogP contribution is -2.42. The van der Waals surface area contributed by atoms with Crippen molar-refractivity contribution < 1.29 is 24.2 Å². The van der Waals surface area contributed by atoms with Gasteiger partial charge in [-0.25, -0.2) is 4.98 Å². The highest BCUT2D eigenvalue weighted by molar-refractivity contribution is 5.91. The van der Waals surface area contributed by atoms with E-state index in [-0.39, 0.29) is 35.9 Å². The van der Waals surface area contributed by atoms with Crippen molar-refractivity contribution in [1.29, 1.82) is 0 Å². The number of hydrogen-bond donors (Lipinski definition) is 3. The van der Waals surface area contributed by atoms with Gasteiger partial charge in [-0.15, -0.1) is 0 Å². The average Bonchev–Trinajstić information content (AvgIpc) is 3.47. The first-order valence-corrected chi connectivity index (χ1v) is 10.3. The van der Waals surface area contributed by atoms with Crippen molar-refractivity contribution in [3.05, 3.63) is 18.2 Å². The molecule has 4 rings (SSSR count). The fourth-order valence-corrected chi connectivity index (χ4v) is 5.02. The summed E-state index contributed by atoms with van der Waals surface area (Å²) in [6.07, 6.45) is 9.14. The van der Waals surface area contributed by atoms with Crippen LogP contribution in [0.15, 0.2) is 12.5 Å². The lowest BCUT2D eigenvalue weighted by Gasteiger charge is -2.29. The van der Waals surface area contributed by atoms with E-state index in [1.165, 1.54) is 12.5 Å². The lowest BCUT2D eigenvalue weighted by atomic mass is 9.73. The van der Waals surface area contributed by atoms with E-state index in [0.29, 0.717) is 24.6 Å². The lowest BCUT2D eigenvalue weighted by molar-refractivity contribution is -0.131. The summed E-state index contributed by atoms with van der Waals surface area (Å²) in [4.78, 5) is 41.8. The summed E-state index contributed by atoms with van der Waals surface area (Å²) in [7, 11) is 0. The summed E-state index contributed by atoms with van der Waals surface area (Å²) in [5.41, 5.74) is 0.303. The molecule has 0 aliphatic carbocycles. The van der Waals surface area contributed by atoms with Crippen LogP contribution in [0.1, 0.15) is 55.9 Å². The van der Waals surface area contributed by atoms with Crippen molar-refractivity contribution in [2.45, 2.75) is 57.2 Å². The number of fused-ring (bicyclic) bond motifs is 1.